The number of carbonyl (C=O) groups is 1. The molecule has 1 fully saturated rings. The molecule has 132 valence electrons. The van der Waals surface area contributed by atoms with Gasteiger partial charge >= 0.3 is 5.97 Å². The number of carboxylic acid groups (broad SMARTS) is 1. The van der Waals surface area contributed by atoms with Gasteiger partial charge in [-0.2, -0.15) is 0 Å². The van der Waals surface area contributed by atoms with Gasteiger partial charge in [-0.1, -0.05) is 12.1 Å². The number of anilines is 1. The Bertz CT molecular complexity index is 763. The van der Waals surface area contributed by atoms with Gasteiger partial charge in [0.25, 0.3) is 0 Å². The van der Waals surface area contributed by atoms with Gasteiger partial charge in [0.1, 0.15) is 5.82 Å². The Morgan fingerprint density at radius 2 is 1.92 bits per heavy atom. The SMILES string of the molecule is Cc1cc(C)c(C(=O)O)c(C)c1CC1CCN(c2ccccn2)CC1. The number of rotatable bonds is 4. The van der Waals surface area contributed by atoms with Crippen molar-refractivity contribution in [3.8, 4) is 0 Å². The van der Waals surface area contributed by atoms with E-state index in [9.17, 15) is 9.90 Å². The van der Waals surface area contributed by atoms with Gasteiger partial charge in [-0.3, -0.25) is 0 Å². The van der Waals surface area contributed by atoms with E-state index in [4.69, 9.17) is 0 Å². The predicted molar refractivity (Wildman–Crippen MR) is 100 cm³/mol. The lowest BCUT2D eigenvalue weighted by atomic mass is 9.84. The van der Waals surface area contributed by atoms with E-state index < -0.39 is 5.97 Å². The number of piperidine rings is 1. The zero-order valence-electron chi connectivity index (χ0n) is 15.2. The first-order valence-electron chi connectivity index (χ1n) is 8.96. The van der Waals surface area contributed by atoms with Gasteiger partial charge in [-0.25, -0.2) is 9.78 Å². The highest BCUT2D eigenvalue weighted by molar-refractivity contribution is 5.91. The summed E-state index contributed by atoms with van der Waals surface area (Å²) < 4.78 is 0. The molecule has 0 unspecified atom stereocenters. The molecular formula is C21H26N2O2. The number of aromatic carboxylic acids is 1. The van der Waals surface area contributed by atoms with Gasteiger partial charge in [0.2, 0.25) is 0 Å². The summed E-state index contributed by atoms with van der Waals surface area (Å²) in [7, 11) is 0. The van der Waals surface area contributed by atoms with Crippen molar-refractivity contribution >= 4 is 11.8 Å². The van der Waals surface area contributed by atoms with E-state index >= 15 is 0 Å². The Labute approximate surface area is 149 Å². The molecule has 3 rings (SSSR count). The van der Waals surface area contributed by atoms with Gasteiger partial charge < -0.3 is 10.0 Å². The summed E-state index contributed by atoms with van der Waals surface area (Å²) in [6, 6.07) is 8.06. The lowest BCUT2D eigenvalue weighted by molar-refractivity contribution is 0.0695. The van der Waals surface area contributed by atoms with Crippen LogP contribution in [0.5, 0.6) is 0 Å². The third-order valence-electron chi connectivity index (χ3n) is 5.43. The van der Waals surface area contributed by atoms with Crippen LogP contribution in [0.4, 0.5) is 5.82 Å². The number of benzene rings is 1. The van der Waals surface area contributed by atoms with Gasteiger partial charge in [-0.05, 0) is 80.3 Å². The molecule has 25 heavy (non-hydrogen) atoms. The minimum atomic E-state index is -0.818. The summed E-state index contributed by atoms with van der Waals surface area (Å²) in [4.78, 5) is 18.4. The van der Waals surface area contributed by atoms with Crippen LogP contribution in [-0.2, 0) is 6.42 Å². The predicted octanol–water partition coefficient (Wildman–Crippen LogP) is 4.16. The van der Waals surface area contributed by atoms with Crippen LogP contribution in [0.15, 0.2) is 30.5 Å². The highest BCUT2D eigenvalue weighted by Crippen LogP contribution is 2.29. The second-order valence-corrected chi connectivity index (χ2v) is 7.12. The number of aryl methyl sites for hydroxylation is 2. The molecular weight excluding hydrogens is 312 g/mol. The maximum absolute atomic E-state index is 11.6. The summed E-state index contributed by atoms with van der Waals surface area (Å²) in [5.41, 5.74) is 4.71. The van der Waals surface area contributed by atoms with E-state index in [2.05, 4.69) is 22.9 Å². The summed E-state index contributed by atoms with van der Waals surface area (Å²) >= 11 is 0. The van der Waals surface area contributed by atoms with Gasteiger partial charge in [0, 0.05) is 19.3 Å². The van der Waals surface area contributed by atoms with Crippen molar-refractivity contribution in [1.29, 1.82) is 0 Å². The van der Waals surface area contributed by atoms with Crippen LogP contribution in [0.1, 0.15) is 45.5 Å². The van der Waals surface area contributed by atoms with Crippen molar-refractivity contribution in [3.63, 3.8) is 0 Å². The quantitative estimate of drug-likeness (QED) is 0.909. The fourth-order valence-corrected chi connectivity index (χ4v) is 4.07. The molecule has 0 atom stereocenters. The first-order valence-corrected chi connectivity index (χ1v) is 8.96. The molecule has 2 heterocycles. The van der Waals surface area contributed by atoms with Crippen LogP contribution >= 0.6 is 0 Å². The van der Waals surface area contributed by atoms with E-state index in [0.717, 1.165) is 49.3 Å². The summed E-state index contributed by atoms with van der Waals surface area (Å²) in [6.07, 6.45) is 5.04. The van der Waals surface area contributed by atoms with E-state index in [1.807, 2.05) is 38.2 Å². The number of carboxylic acids is 1. The molecule has 0 spiro atoms. The maximum atomic E-state index is 11.6. The Morgan fingerprint density at radius 1 is 1.20 bits per heavy atom. The third kappa shape index (κ3) is 3.68. The molecule has 1 aromatic heterocycles. The average molecular weight is 338 g/mol. The first kappa shape index (κ1) is 17.5. The van der Waals surface area contributed by atoms with E-state index in [1.165, 1.54) is 11.1 Å². The molecule has 1 aliphatic rings. The second-order valence-electron chi connectivity index (χ2n) is 7.12. The van der Waals surface area contributed by atoms with Crippen LogP contribution in [0.3, 0.4) is 0 Å². The Kier molecular flexibility index (Phi) is 5.07. The van der Waals surface area contributed by atoms with Crippen molar-refractivity contribution in [2.75, 3.05) is 18.0 Å². The normalized spacial score (nSPS) is 15.4. The lowest BCUT2D eigenvalue weighted by Crippen LogP contribution is -2.35. The standard InChI is InChI=1S/C21H26N2O2/c1-14-12-15(2)20(21(24)25)16(3)18(14)13-17-7-10-23(11-8-17)19-6-4-5-9-22-19/h4-6,9,12,17H,7-8,10-11,13H2,1-3H3,(H,24,25). The molecule has 4 nitrogen and oxygen atoms in total. The van der Waals surface area contributed by atoms with Gasteiger partial charge in [0.15, 0.2) is 0 Å². The van der Waals surface area contributed by atoms with Crippen molar-refractivity contribution in [2.24, 2.45) is 5.92 Å². The van der Waals surface area contributed by atoms with Crippen LogP contribution in [-0.4, -0.2) is 29.1 Å². The fourth-order valence-electron chi connectivity index (χ4n) is 4.07. The van der Waals surface area contributed by atoms with E-state index in [1.54, 1.807) is 0 Å². The molecule has 4 heteroatoms. The van der Waals surface area contributed by atoms with Gasteiger partial charge in [-0.15, -0.1) is 0 Å². The molecule has 0 aliphatic carbocycles. The monoisotopic (exact) mass is 338 g/mol. The lowest BCUT2D eigenvalue weighted by Gasteiger charge is -2.33. The van der Waals surface area contributed by atoms with Crippen LogP contribution in [0.2, 0.25) is 0 Å². The summed E-state index contributed by atoms with van der Waals surface area (Å²) in [6.45, 7) is 7.97. The smallest absolute Gasteiger partial charge is 0.336 e. The fraction of sp³-hybridized carbons (Fsp3) is 0.429. The highest BCUT2D eigenvalue weighted by atomic mass is 16.4. The summed E-state index contributed by atoms with van der Waals surface area (Å²) in [5, 5.41) is 9.51. The average Bonchev–Trinajstić information content (AvgIpc) is 2.59. The zero-order chi connectivity index (χ0) is 18.0. The van der Waals surface area contributed by atoms with Crippen molar-refractivity contribution in [3.05, 3.63) is 58.3 Å². The molecule has 1 N–H and O–H groups in total. The molecule has 1 aliphatic heterocycles. The Balaban J connectivity index is 1.72. The number of nitrogens with zero attached hydrogens (tertiary/aromatic N) is 2. The van der Waals surface area contributed by atoms with Crippen molar-refractivity contribution in [2.45, 2.75) is 40.0 Å². The molecule has 0 bridgehead atoms. The molecule has 0 radical (unpaired) electrons. The Morgan fingerprint density at radius 3 is 2.52 bits per heavy atom. The largest absolute Gasteiger partial charge is 0.478 e. The minimum absolute atomic E-state index is 0.478. The van der Waals surface area contributed by atoms with Gasteiger partial charge in [0.05, 0.1) is 5.56 Å². The zero-order valence-corrected chi connectivity index (χ0v) is 15.2. The topological polar surface area (TPSA) is 53.4 Å². The number of pyridine rings is 1. The first-order chi connectivity index (χ1) is 12.0. The maximum Gasteiger partial charge on any atom is 0.336 e. The molecule has 1 saturated heterocycles. The molecule has 2 aromatic rings. The Hall–Kier alpha value is -2.36. The summed E-state index contributed by atoms with van der Waals surface area (Å²) in [5.74, 6) is 0.833. The number of hydrogen-bond donors (Lipinski definition) is 1. The van der Waals surface area contributed by atoms with Crippen molar-refractivity contribution < 1.29 is 9.90 Å². The molecule has 1 aromatic carbocycles. The van der Waals surface area contributed by atoms with Crippen LogP contribution in [0, 0.1) is 26.7 Å². The highest BCUT2D eigenvalue weighted by Gasteiger charge is 2.23. The number of hydrogen-bond acceptors (Lipinski definition) is 3. The minimum Gasteiger partial charge on any atom is -0.478 e. The van der Waals surface area contributed by atoms with E-state index in [-0.39, 0.29) is 0 Å². The molecule has 0 amide bonds. The van der Waals surface area contributed by atoms with Crippen LogP contribution < -0.4 is 4.90 Å². The van der Waals surface area contributed by atoms with E-state index in [0.29, 0.717) is 11.5 Å². The van der Waals surface area contributed by atoms with Crippen molar-refractivity contribution in [1.82, 2.24) is 4.98 Å². The van der Waals surface area contributed by atoms with Crippen LogP contribution in [0.25, 0.3) is 0 Å². The second kappa shape index (κ2) is 7.26. The molecule has 0 saturated carbocycles. The number of aromatic nitrogens is 1. The third-order valence-corrected chi connectivity index (χ3v) is 5.43.